The molecule has 18 heavy (non-hydrogen) atoms. The van der Waals surface area contributed by atoms with Gasteiger partial charge in [0, 0.05) is 13.1 Å². The summed E-state index contributed by atoms with van der Waals surface area (Å²) in [5, 5.41) is 13.6. The van der Waals surface area contributed by atoms with Crippen LogP contribution in [0.1, 0.15) is 30.8 Å². The topological polar surface area (TPSA) is 92.9 Å². The zero-order valence-electron chi connectivity index (χ0n) is 11.1. The van der Waals surface area contributed by atoms with Crippen molar-refractivity contribution in [3.63, 3.8) is 0 Å². The number of aromatic nitrogens is 2. The Morgan fingerprint density at radius 2 is 2.11 bits per heavy atom. The lowest BCUT2D eigenvalue weighted by atomic mass is 10.0. The van der Waals surface area contributed by atoms with Gasteiger partial charge in [0.15, 0.2) is 5.69 Å². The van der Waals surface area contributed by atoms with E-state index in [2.05, 4.69) is 34.7 Å². The van der Waals surface area contributed by atoms with Crippen molar-refractivity contribution in [2.24, 2.45) is 11.7 Å². The van der Waals surface area contributed by atoms with Gasteiger partial charge in [0.1, 0.15) is 5.82 Å². The Morgan fingerprint density at radius 3 is 2.56 bits per heavy atom. The van der Waals surface area contributed by atoms with E-state index < -0.39 is 0 Å². The summed E-state index contributed by atoms with van der Waals surface area (Å²) in [7, 11) is 1.56. The summed E-state index contributed by atoms with van der Waals surface area (Å²) in [6.07, 6.45) is 0.872. The first kappa shape index (κ1) is 14.4. The Morgan fingerprint density at radius 1 is 1.39 bits per heavy atom. The van der Waals surface area contributed by atoms with E-state index in [4.69, 9.17) is 5.73 Å². The zero-order valence-corrected chi connectivity index (χ0v) is 11.1. The molecule has 0 aliphatic carbocycles. The fourth-order valence-electron chi connectivity index (χ4n) is 1.60. The van der Waals surface area contributed by atoms with Gasteiger partial charge >= 0.3 is 0 Å². The van der Waals surface area contributed by atoms with Crippen molar-refractivity contribution >= 4 is 11.7 Å². The minimum absolute atomic E-state index is 0.239. The average Bonchev–Trinajstić information content (AvgIpc) is 2.38. The molecule has 0 aliphatic rings. The molecule has 1 rings (SSSR count). The van der Waals surface area contributed by atoms with E-state index in [0.29, 0.717) is 24.0 Å². The molecular formula is C12H21N5O. The monoisotopic (exact) mass is 251 g/mol. The van der Waals surface area contributed by atoms with Gasteiger partial charge in [-0.15, -0.1) is 10.2 Å². The Labute approximate surface area is 107 Å². The predicted octanol–water partition coefficient (Wildman–Crippen LogP) is 0.621. The fourth-order valence-corrected chi connectivity index (χ4v) is 1.60. The fraction of sp³-hybridized carbons (Fsp3) is 0.583. The maximum atomic E-state index is 11.3. The summed E-state index contributed by atoms with van der Waals surface area (Å²) in [5.74, 6) is 0.875. The lowest BCUT2D eigenvalue weighted by molar-refractivity contribution is 0.0957. The van der Waals surface area contributed by atoms with E-state index >= 15 is 0 Å². The molecule has 4 N–H and O–H groups in total. The van der Waals surface area contributed by atoms with E-state index in [9.17, 15) is 4.79 Å². The van der Waals surface area contributed by atoms with Crippen LogP contribution in [0.4, 0.5) is 5.82 Å². The van der Waals surface area contributed by atoms with Crippen LogP contribution in [0.5, 0.6) is 0 Å². The molecule has 0 bridgehead atoms. The second-order valence-corrected chi connectivity index (χ2v) is 4.46. The number of rotatable bonds is 6. The molecule has 0 saturated carbocycles. The Hall–Kier alpha value is -1.69. The highest BCUT2D eigenvalue weighted by atomic mass is 16.1. The molecule has 1 aromatic heterocycles. The molecule has 1 heterocycles. The van der Waals surface area contributed by atoms with Crippen molar-refractivity contribution < 1.29 is 4.79 Å². The normalized spacial score (nSPS) is 12.3. The van der Waals surface area contributed by atoms with Crippen LogP contribution in [-0.4, -0.2) is 35.7 Å². The first-order valence-corrected chi connectivity index (χ1v) is 6.11. The minimum Gasteiger partial charge on any atom is -0.366 e. The van der Waals surface area contributed by atoms with E-state index in [1.165, 1.54) is 0 Å². The van der Waals surface area contributed by atoms with E-state index in [1.54, 1.807) is 19.2 Å². The van der Waals surface area contributed by atoms with Crippen LogP contribution in [0.25, 0.3) is 0 Å². The van der Waals surface area contributed by atoms with Crippen LogP contribution in [0, 0.1) is 5.92 Å². The summed E-state index contributed by atoms with van der Waals surface area (Å²) >= 11 is 0. The van der Waals surface area contributed by atoms with Crippen LogP contribution in [0.3, 0.4) is 0 Å². The van der Waals surface area contributed by atoms with Gasteiger partial charge in [-0.05, 0) is 31.0 Å². The van der Waals surface area contributed by atoms with Crippen molar-refractivity contribution in [3.8, 4) is 0 Å². The number of amides is 1. The molecule has 1 unspecified atom stereocenters. The summed E-state index contributed by atoms with van der Waals surface area (Å²) in [5.41, 5.74) is 5.88. The number of hydrogen-bond donors (Lipinski definition) is 3. The summed E-state index contributed by atoms with van der Waals surface area (Å²) in [6.45, 7) is 4.87. The molecule has 0 spiro atoms. The molecule has 1 atom stereocenters. The summed E-state index contributed by atoms with van der Waals surface area (Å²) in [4.78, 5) is 11.3. The Balaban J connectivity index is 2.70. The second-order valence-electron chi connectivity index (χ2n) is 4.46. The summed E-state index contributed by atoms with van der Waals surface area (Å²) in [6, 6.07) is 3.66. The molecule has 0 fully saturated rings. The zero-order chi connectivity index (χ0) is 13.5. The minimum atomic E-state index is -0.239. The van der Waals surface area contributed by atoms with Gasteiger partial charge in [-0.1, -0.05) is 13.8 Å². The van der Waals surface area contributed by atoms with Gasteiger partial charge in [-0.25, -0.2) is 0 Å². The highest BCUT2D eigenvalue weighted by Crippen LogP contribution is 2.12. The molecular weight excluding hydrogens is 230 g/mol. The van der Waals surface area contributed by atoms with E-state index in [-0.39, 0.29) is 11.9 Å². The molecule has 6 heteroatoms. The Bertz CT molecular complexity index is 377. The lowest BCUT2D eigenvalue weighted by Crippen LogP contribution is -2.29. The average molecular weight is 251 g/mol. The quantitative estimate of drug-likeness (QED) is 0.689. The number of nitrogens with one attached hydrogen (secondary N) is 2. The van der Waals surface area contributed by atoms with Gasteiger partial charge < -0.3 is 16.4 Å². The number of nitrogens with two attached hydrogens (primary N) is 1. The van der Waals surface area contributed by atoms with Crippen LogP contribution in [-0.2, 0) is 0 Å². The van der Waals surface area contributed by atoms with Crippen molar-refractivity contribution in [1.82, 2.24) is 15.5 Å². The molecule has 1 amide bonds. The van der Waals surface area contributed by atoms with Crippen LogP contribution in [0.2, 0.25) is 0 Å². The second kappa shape index (κ2) is 6.90. The first-order chi connectivity index (χ1) is 8.58. The third-order valence-corrected chi connectivity index (χ3v) is 2.74. The molecule has 0 saturated heterocycles. The maximum absolute atomic E-state index is 11.3. The highest BCUT2D eigenvalue weighted by molar-refractivity contribution is 5.91. The Kier molecular flexibility index (Phi) is 5.51. The van der Waals surface area contributed by atoms with Crippen molar-refractivity contribution in [1.29, 1.82) is 0 Å². The van der Waals surface area contributed by atoms with Crippen LogP contribution < -0.4 is 16.4 Å². The first-order valence-electron chi connectivity index (χ1n) is 6.11. The number of anilines is 1. The number of hydrogen-bond acceptors (Lipinski definition) is 5. The smallest absolute Gasteiger partial charge is 0.271 e. The maximum Gasteiger partial charge on any atom is 0.271 e. The van der Waals surface area contributed by atoms with Crippen LogP contribution >= 0.6 is 0 Å². The van der Waals surface area contributed by atoms with Crippen molar-refractivity contribution in [2.75, 3.05) is 18.9 Å². The molecule has 0 aromatic carbocycles. The third kappa shape index (κ3) is 3.96. The molecule has 1 aromatic rings. The standard InChI is InChI=1S/C12H21N5O/c1-8(2)9(6-7-13)15-11-5-4-10(16-17-11)12(18)14-3/h4-5,8-9H,6-7,13H2,1-3H3,(H,14,18)(H,15,17). The van der Waals surface area contributed by atoms with Gasteiger partial charge in [-0.3, -0.25) is 4.79 Å². The molecule has 100 valence electrons. The summed E-state index contributed by atoms with van der Waals surface area (Å²) < 4.78 is 0. The van der Waals surface area contributed by atoms with Crippen molar-refractivity contribution in [2.45, 2.75) is 26.3 Å². The molecule has 0 radical (unpaired) electrons. The highest BCUT2D eigenvalue weighted by Gasteiger charge is 2.13. The number of carbonyl (C=O) groups excluding carboxylic acids is 1. The number of nitrogens with zero attached hydrogens (tertiary/aromatic N) is 2. The van der Waals surface area contributed by atoms with Gasteiger partial charge in [0.25, 0.3) is 5.91 Å². The molecule has 6 nitrogen and oxygen atoms in total. The molecule has 0 aliphatic heterocycles. The largest absolute Gasteiger partial charge is 0.366 e. The van der Waals surface area contributed by atoms with E-state index in [1.807, 2.05) is 0 Å². The van der Waals surface area contributed by atoms with Gasteiger partial charge in [0.2, 0.25) is 0 Å². The van der Waals surface area contributed by atoms with Gasteiger partial charge in [-0.2, -0.15) is 0 Å². The van der Waals surface area contributed by atoms with Crippen molar-refractivity contribution in [3.05, 3.63) is 17.8 Å². The third-order valence-electron chi connectivity index (χ3n) is 2.74. The SMILES string of the molecule is CNC(=O)c1ccc(NC(CCN)C(C)C)nn1. The predicted molar refractivity (Wildman–Crippen MR) is 71.3 cm³/mol. The van der Waals surface area contributed by atoms with Gasteiger partial charge in [0.05, 0.1) is 0 Å². The number of carbonyl (C=O) groups is 1. The van der Waals surface area contributed by atoms with Crippen LogP contribution in [0.15, 0.2) is 12.1 Å². The van der Waals surface area contributed by atoms with E-state index in [0.717, 1.165) is 6.42 Å². The lowest BCUT2D eigenvalue weighted by Gasteiger charge is -2.21.